The number of amides is 2. The van der Waals surface area contributed by atoms with E-state index in [1.165, 1.54) is 19.4 Å². The van der Waals surface area contributed by atoms with Crippen molar-refractivity contribution >= 4 is 63.7 Å². The van der Waals surface area contributed by atoms with Gasteiger partial charge in [0.15, 0.2) is 5.82 Å². The minimum absolute atomic E-state index is 0.114. The summed E-state index contributed by atoms with van der Waals surface area (Å²) in [4.78, 5) is 21.3. The third kappa shape index (κ3) is 5.69. The van der Waals surface area contributed by atoms with Crippen molar-refractivity contribution in [2.24, 2.45) is 10.2 Å². The van der Waals surface area contributed by atoms with Crippen LogP contribution >= 0.6 is 27.5 Å². The Labute approximate surface area is 193 Å². The summed E-state index contributed by atoms with van der Waals surface area (Å²) in [6, 6.07) is 0.935. The van der Waals surface area contributed by atoms with Crippen LogP contribution in [0.15, 0.2) is 26.9 Å². The number of hydrogen-bond acceptors (Lipinski definition) is 8. The Morgan fingerprint density at radius 3 is 2.65 bits per heavy atom. The molecule has 0 bridgehead atoms. The molecule has 0 saturated carbocycles. The first-order valence-electron chi connectivity index (χ1n) is 9.02. The highest BCUT2D eigenvalue weighted by Gasteiger charge is 2.20. The van der Waals surface area contributed by atoms with Gasteiger partial charge in [0.05, 0.1) is 35.8 Å². The summed E-state index contributed by atoms with van der Waals surface area (Å²) in [7, 11) is 3.00. The molecule has 10 nitrogen and oxygen atoms in total. The van der Waals surface area contributed by atoms with E-state index < -0.39 is 6.03 Å². The summed E-state index contributed by atoms with van der Waals surface area (Å²) in [5, 5.41) is 14.5. The fraction of sp³-hybridized carbons (Fsp3) is 0.316. The minimum atomic E-state index is -0.545. The fourth-order valence-electron chi connectivity index (χ4n) is 2.61. The molecule has 0 aromatic carbocycles. The number of urea groups is 1. The zero-order valence-electron chi connectivity index (χ0n) is 17.7. The molecular weight excluding hydrogens is 490 g/mol. The molecule has 166 valence electrons. The molecular formula is C19H23BrClN7O3. The van der Waals surface area contributed by atoms with Gasteiger partial charge in [0.1, 0.15) is 5.69 Å². The van der Waals surface area contributed by atoms with E-state index in [2.05, 4.69) is 53.5 Å². The second kappa shape index (κ2) is 11.0. The van der Waals surface area contributed by atoms with Crippen molar-refractivity contribution < 1.29 is 14.3 Å². The first-order valence-corrected chi connectivity index (χ1v) is 10.2. The largest absolute Gasteiger partial charge is 0.479 e. The highest BCUT2D eigenvalue weighted by molar-refractivity contribution is 9.10. The van der Waals surface area contributed by atoms with Gasteiger partial charge in [0.25, 0.3) is 0 Å². The van der Waals surface area contributed by atoms with Crippen molar-refractivity contribution in [3.05, 3.63) is 33.0 Å². The summed E-state index contributed by atoms with van der Waals surface area (Å²) in [6.07, 6.45) is 2.78. The predicted molar refractivity (Wildman–Crippen MR) is 127 cm³/mol. The molecule has 2 N–H and O–H groups in total. The number of carbonyl (C=O) groups is 1. The van der Waals surface area contributed by atoms with Crippen LogP contribution in [-0.2, 0) is 4.74 Å². The van der Waals surface area contributed by atoms with E-state index in [0.29, 0.717) is 5.69 Å². The van der Waals surface area contributed by atoms with Crippen LogP contribution in [0, 0.1) is 6.92 Å². The predicted octanol–water partition coefficient (Wildman–Crippen LogP) is 4.99. The maximum Gasteiger partial charge on any atom is 0.323 e. The molecule has 2 aromatic rings. The first kappa shape index (κ1) is 24.5. The average molecular weight is 513 g/mol. The summed E-state index contributed by atoms with van der Waals surface area (Å²) < 4.78 is 11.5. The molecule has 0 fully saturated rings. The molecule has 2 heterocycles. The number of rotatable bonds is 8. The summed E-state index contributed by atoms with van der Waals surface area (Å²) in [5.41, 5.74) is 2.26. The number of nitrogens with zero attached hydrogens (tertiary/aromatic N) is 5. The van der Waals surface area contributed by atoms with Crippen LogP contribution < -0.4 is 20.5 Å². The molecule has 0 aliphatic carbocycles. The Hall–Kier alpha value is -2.76. The number of methoxy groups -OCH3 is 2. The molecule has 12 heteroatoms. The van der Waals surface area contributed by atoms with Crippen molar-refractivity contribution in [3.63, 3.8) is 0 Å². The van der Waals surface area contributed by atoms with Gasteiger partial charge in [-0.2, -0.15) is 15.2 Å². The molecule has 0 aliphatic rings. The Balaban J connectivity index is 2.34. The van der Waals surface area contributed by atoms with Crippen molar-refractivity contribution in [1.29, 1.82) is 0 Å². The molecule has 1 atom stereocenters. The van der Waals surface area contributed by atoms with E-state index in [1.54, 1.807) is 20.2 Å². The summed E-state index contributed by atoms with van der Waals surface area (Å²) in [5.74, 6) is 0.309. The molecule has 0 spiro atoms. The van der Waals surface area contributed by atoms with Gasteiger partial charge in [-0.15, -0.1) is 5.12 Å². The van der Waals surface area contributed by atoms with E-state index in [1.807, 2.05) is 13.8 Å². The van der Waals surface area contributed by atoms with Gasteiger partial charge in [0, 0.05) is 30.1 Å². The van der Waals surface area contributed by atoms with Crippen LogP contribution in [0.3, 0.4) is 0 Å². The van der Waals surface area contributed by atoms with Crippen molar-refractivity contribution in [1.82, 2.24) is 9.97 Å². The zero-order valence-corrected chi connectivity index (χ0v) is 20.1. The highest BCUT2D eigenvalue weighted by Crippen LogP contribution is 2.35. The topological polar surface area (TPSA) is 113 Å². The number of carbonyl (C=O) groups excluding carboxylic acids is 1. The summed E-state index contributed by atoms with van der Waals surface area (Å²) in [6.45, 7) is 8.86. The van der Waals surface area contributed by atoms with Crippen LogP contribution in [0.1, 0.15) is 31.2 Å². The monoisotopic (exact) mass is 511 g/mol. The number of halogens is 2. The Kier molecular flexibility index (Phi) is 8.72. The Bertz CT molecular complexity index is 1000. The second-order valence-electron chi connectivity index (χ2n) is 6.10. The Morgan fingerprint density at radius 1 is 1.39 bits per heavy atom. The van der Waals surface area contributed by atoms with Gasteiger partial charge < -0.3 is 20.1 Å². The highest BCUT2D eigenvalue weighted by atomic mass is 79.9. The average Bonchev–Trinajstić information content (AvgIpc) is 2.74. The minimum Gasteiger partial charge on any atom is -0.479 e. The van der Waals surface area contributed by atoms with E-state index in [9.17, 15) is 4.79 Å². The normalized spacial score (nSPS) is 11.8. The standard InChI is InChI=1S/C19H23BrClN7O3/c1-7-24-28(22-4)17-12(21)8-13(18(27-17)31-6)25-19(29)26-14-9-23-10(2)16(20)15(14)11(3)30-5/h7-9,11H,4H2,1-3,5-6H3,(H2,25,26,29)/b24-7-. The van der Waals surface area contributed by atoms with Crippen molar-refractivity contribution in [2.45, 2.75) is 26.9 Å². The lowest BCUT2D eigenvalue weighted by Gasteiger charge is -2.19. The van der Waals surface area contributed by atoms with E-state index >= 15 is 0 Å². The van der Waals surface area contributed by atoms with E-state index in [4.69, 9.17) is 21.1 Å². The summed E-state index contributed by atoms with van der Waals surface area (Å²) >= 11 is 9.82. The maximum atomic E-state index is 12.7. The molecule has 0 aliphatic heterocycles. The maximum absolute atomic E-state index is 12.7. The van der Waals surface area contributed by atoms with Crippen molar-refractivity contribution in [2.75, 3.05) is 30.0 Å². The smallest absolute Gasteiger partial charge is 0.323 e. The Morgan fingerprint density at radius 2 is 2.06 bits per heavy atom. The van der Waals surface area contributed by atoms with Gasteiger partial charge in [-0.05, 0) is 42.8 Å². The number of hydrogen-bond donors (Lipinski definition) is 2. The first-order chi connectivity index (χ1) is 14.8. The van der Waals surface area contributed by atoms with Crippen LogP contribution in [0.5, 0.6) is 5.88 Å². The van der Waals surface area contributed by atoms with Gasteiger partial charge in [-0.1, -0.05) is 11.6 Å². The number of pyridine rings is 2. The molecule has 0 radical (unpaired) electrons. The van der Waals surface area contributed by atoms with Crippen LogP contribution in [-0.4, -0.2) is 43.2 Å². The van der Waals surface area contributed by atoms with Crippen molar-refractivity contribution in [3.8, 4) is 5.88 Å². The van der Waals surface area contributed by atoms with Crippen LogP contribution in [0.25, 0.3) is 0 Å². The van der Waals surface area contributed by atoms with Gasteiger partial charge >= 0.3 is 6.03 Å². The lowest BCUT2D eigenvalue weighted by Crippen LogP contribution is -2.22. The molecule has 2 amide bonds. The fourth-order valence-corrected chi connectivity index (χ4v) is 3.47. The quantitative estimate of drug-likeness (QED) is 0.380. The number of hydrazone groups is 2. The molecule has 2 aromatic heterocycles. The zero-order chi connectivity index (χ0) is 23.1. The third-order valence-corrected chi connectivity index (χ3v) is 5.43. The lowest BCUT2D eigenvalue weighted by atomic mass is 10.1. The number of nitrogens with one attached hydrogen (secondary N) is 2. The molecule has 1 unspecified atom stereocenters. The third-order valence-electron chi connectivity index (χ3n) is 4.15. The second-order valence-corrected chi connectivity index (χ2v) is 7.30. The number of ether oxygens (including phenoxy) is 2. The van der Waals surface area contributed by atoms with Gasteiger partial charge in [-0.3, -0.25) is 4.98 Å². The number of aryl methyl sites for hydroxylation is 1. The SMILES string of the molecule is C=NN(/N=C\C)c1nc(OC)c(NC(=O)Nc2cnc(C)c(Br)c2C(C)OC)cc1Cl. The van der Waals surface area contributed by atoms with E-state index in [0.717, 1.165) is 20.8 Å². The molecule has 0 saturated heterocycles. The molecule has 2 rings (SSSR count). The van der Waals surface area contributed by atoms with E-state index in [-0.39, 0.29) is 28.5 Å². The van der Waals surface area contributed by atoms with Gasteiger partial charge in [-0.25, -0.2) is 4.79 Å². The van der Waals surface area contributed by atoms with Crippen LogP contribution in [0.4, 0.5) is 22.0 Å². The number of aromatic nitrogens is 2. The number of anilines is 3. The lowest BCUT2D eigenvalue weighted by molar-refractivity contribution is 0.119. The van der Waals surface area contributed by atoms with Crippen LogP contribution in [0.2, 0.25) is 5.02 Å². The van der Waals surface area contributed by atoms with Gasteiger partial charge in [0.2, 0.25) is 5.88 Å². The molecule has 31 heavy (non-hydrogen) atoms.